The predicted octanol–water partition coefficient (Wildman–Crippen LogP) is 3.21. The van der Waals surface area contributed by atoms with E-state index in [1.165, 1.54) is 38.8 Å². The molecule has 2 heteroatoms. The third kappa shape index (κ3) is 4.00. The van der Waals surface area contributed by atoms with E-state index >= 15 is 0 Å². The van der Waals surface area contributed by atoms with Crippen molar-refractivity contribution in [3.8, 4) is 11.8 Å². The van der Waals surface area contributed by atoms with Crippen LogP contribution in [0.25, 0.3) is 0 Å². The van der Waals surface area contributed by atoms with Gasteiger partial charge in [-0.05, 0) is 66.0 Å². The molecule has 0 N–H and O–H groups in total. The summed E-state index contributed by atoms with van der Waals surface area (Å²) in [7, 11) is 0. The Balaban J connectivity index is 1.87. The molecular formula is C16H27NO. The highest BCUT2D eigenvalue weighted by molar-refractivity contribution is 5.15. The van der Waals surface area contributed by atoms with Crippen LogP contribution in [0.1, 0.15) is 59.3 Å². The van der Waals surface area contributed by atoms with Gasteiger partial charge in [0.1, 0.15) is 5.60 Å². The molecule has 1 atom stereocenters. The standard InChI is InChI=1S/C16H27NO/c1-15(2)9-7-10-16(3,18-15)11-8-14-17-12-5-4-6-13-17/h4-7,9-10,12-14H2,1-3H3/t16-/m1/s1. The average Bonchev–Trinajstić information content (AvgIpc) is 2.28. The summed E-state index contributed by atoms with van der Waals surface area (Å²) >= 11 is 0. The SMILES string of the molecule is CC1(C)CCC[C@](C)(C#CCN2CCCCC2)O1. The largest absolute Gasteiger partial charge is 0.357 e. The summed E-state index contributed by atoms with van der Waals surface area (Å²) in [5, 5.41) is 0. The topological polar surface area (TPSA) is 12.5 Å². The smallest absolute Gasteiger partial charge is 0.126 e. The van der Waals surface area contributed by atoms with Crippen molar-refractivity contribution in [2.45, 2.75) is 70.5 Å². The minimum atomic E-state index is -0.225. The molecule has 0 unspecified atom stereocenters. The van der Waals surface area contributed by atoms with Crippen molar-refractivity contribution >= 4 is 0 Å². The van der Waals surface area contributed by atoms with Gasteiger partial charge < -0.3 is 4.74 Å². The Morgan fingerprint density at radius 1 is 1.00 bits per heavy atom. The Bertz CT molecular complexity index is 333. The third-order valence-corrected chi connectivity index (χ3v) is 4.04. The second-order valence-corrected chi connectivity index (χ2v) is 6.58. The Labute approximate surface area is 112 Å². The van der Waals surface area contributed by atoms with E-state index in [-0.39, 0.29) is 11.2 Å². The summed E-state index contributed by atoms with van der Waals surface area (Å²) < 4.78 is 6.16. The summed E-state index contributed by atoms with van der Waals surface area (Å²) in [5.74, 6) is 6.74. The molecule has 0 aliphatic carbocycles. The van der Waals surface area contributed by atoms with Crippen LogP contribution in [0.15, 0.2) is 0 Å². The molecule has 102 valence electrons. The van der Waals surface area contributed by atoms with Crippen molar-refractivity contribution in [3.63, 3.8) is 0 Å². The summed E-state index contributed by atoms with van der Waals surface area (Å²) in [5.41, 5.74) is -0.232. The number of hydrogen-bond donors (Lipinski definition) is 0. The Kier molecular flexibility index (Phi) is 4.35. The number of piperidine rings is 1. The van der Waals surface area contributed by atoms with Crippen LogP contribution in [0.5, 0.6) is 0 Å². The van der Waals surface area contributed by atoms with Gasteiger partial charge >= 0.3 is 0 Å². The Morgan fingerprint density at radius 2 is 1.72 bits per heavy atom. The van der Waals surface area contributed by atoms with Gasteiger partial charge in [0.05, 0.1) is 12.1 Å². The van der Waals surface area contributed by atoms with Crippen LogP contribution in [0.4, 0.5) is 0 Å². The van der Waals surface area contributed by atoms with E-state index in [1.54, 1.807) is 0 Å². The van der Waals surface area contributed by atoms with Crippen LogP contribution < -0.4 is 0 Å². The van der Waals surface area contributed by atoms with E-state index in [9.17, 15) is 0 Å². The lowest BCUT2D eigenvalue weighted by molar-refractivity contribution is -0.135. The number of nitrogens with zero attached hydrogens (tertiary/aromatic N) is 1. The molecule has 0 aromatic rings. The third-order valence-electron chi connectivity index (χ3n) is 4.04. The highest BCUT2D eigenvalue weighted by Gasteiger charge is 2.35. The van der Waals surface area contributed by atoms with Crippen LogP contribution in [-0.4, -0.2) is 35.7 Å². The van der Waals surface area contributed by atoms with Gasteiger partial charge in [0, 0.05) is 0 Å². The molecule has 2 rings (SSSR count). The summed E-state index contributed by atoms with van der Waals surface area (Å²) in [4.78, 5) is 2.47. The number of hydrogen-bond acceptors (Lipinski definition) is 2. The normalized spacial score (nSPS) is 32.6. The fourth-order valence-electron chi connectivity index (χ4n) is 3.11. The highest BCUT2D eigenvalue weighted by atomic mass is 16.5. The van der Waals surface area contributed by atoms with Crippen LogP contribution in [0.2, 0.25) is 0 Å². The first-order valence-electron chi connectivity index (χ1n) is 7.42. The highest BCUT2D eigenvalue weighted by Crippen LogP contribution is 2.34. The van der Waals surface area contributed by atoms with Gasteiger partial charge in [-0.2, -0.15) is 0 Å². The number of likely N-dealkylation sites (tertiary alicyclic amines) is 1. The average molecular weight is 249 g/mol. The van der Waals surface area contributed by atoms with Gasteiger partial charge in [0.25, 0.3) is 0 Å². The summed E-state index contributed by atoms with van der Waals surface area (Å²) in [6.45, 7) is 9.86. The van der Waals surface area contributed by atoms with Crippen LogP contribution in [-0.2, 0) is 4.74 Å². The molecule has 0 aromatic heterocycles. The Hall–Kier alpha value is -0.520. The molecule has 0 spiro atoms. The Morgan fingerprint density at radius 3 is 2.39 bits per heavy atom. The van der Waals surface area contributed by atoms with E-state index in [2.05, 4.69) is 37.5 Å². The van der Waals surface area contributed by atoms with Crippen molar-refractivity contribution in [1.82, 2.24) is 4.90 Å². The van der Waals surface area contributed by atoms with E-state index in [0.29, 0.717) is 0 Å². The number of rotatable bonds is 1. The van der Waals surface area contributed by atoms with E-state index in [0.717, 1.165) is 19.4 Å². The molecule has 2 saturated heterocycles. The van der Waals surface area contributed by atoms with Crippen molar-refractivity contribution in [2.75, 3.05) is 19.6 Å². The molecule has 2 fully saturated rings. The molecule has 0 bridgehead atoms. The lowest BCUT2D eigenvalue weighted by atomic mass is 9.88. The number of ether oxygens (including phenoxy) is 1. The van der Waals surface area contributed by atoms with Gasteiger partial charge in [-0.1, -0.05) is 18.3 Å². The van der Waals surface area contributed by atoms with Gasteiger partial charge in [-0.25, -0.2) is 0 Å². The minimum absolute atomic E-state index is 0.00714. The van der Waals surface area contributed by atoms with Gasteiger partial charge in [-0.3, -0.25) is 4.90 Å². The molecule has 2 aliphatic rings. The first-order valence-corrected chi connectivity index (χ1v) is 7.42. The molecule has 18 heavy (non-hydrogen) atoms. The minimum Gasteiger partial charge on any atom is -0.357 e. The maximum Gasteiger partial charge on any atom is 0.126 e. The molecule has 2 aliphatic heterocycles. The lowest BCUT2D eigenvalue weighted by Crippen LogP contribution is -2.42. The van der Waals surface area contributed by atoms with Crippen LogP contribution >= 0.6 is 0 Å². The molecule has 0 amide bonds. The lowest BCUT2D eigenvalue weighted by Gasteiger charge is -2.40. The maximum atomic E-state index is 6.16. The van der Waals surface area contributed by atoms with Gasteiger partial charge in [-0.15, -0.1) is 0 Å². The van der Waals surface area contributed by atoms with E-state index in [1.807, 2.05) is 0 Å². The van der Waals surface area contributed by atoms with Crippen LogP contribution in [0, 0.1) is 11.8 Å². The molecule has 0 radical (unpaired) electrons. The molecule has 0 saturated carbocycles. The molecular weight excluding hydrogens is 222 g/mol. The quantitative estimate of drug-likeness (QED) is 0.662. The zero-order valence-electron chi connectivity index (χ0n) is 12.2. The molecule has 2 heterocycles. The molecule has 2 nitrogen and oxygen atoms in total. The molecule has 0 aromatic carbocycles. The first kappa shape index (κ1) is 13.9. The zero-order chi connectivity index (χ0) is 13.1. The predicted molar refractivity (Wildman–Crippen MR) is 75.5 cm³/mol. The van der Waals surface area contributed by atoms with E-state index < -0.39 is 0 Å². The van der Waals surface area contributed by atoms with Gasteiger partial charge in [0.2, 0.25) is 0 Å². The van der Waals surface area contributed by atoms with Gasteiger partial charge in [0.15, 0.2) is 0 Å². The van der Waals surface area contributed by atoms with Crippen LogP contribution in [0.3, 0.4) is 0 Å². The first-order chi connectivity index (χ1) is 8.49. The van der Waals surface area contributed by atoms with Crippen molar-refractivity contribution in [2.24, 2.45) is 0 Å². The fraction of sp³-hybridized carbons (Fsp3) is 0.875. The second-order valence-electron chi connectivity index (χ2n) is 6.58. The monoisotopic (exact) mass is 249 g/mol. The van der Waals surface area contributed by atoms with Crippen molar-refractivity contribution < 1.29 is 4.74 Å². The summed E-state index contributed by atoms with van der Waals surface area (Å²) in [6, 6.07) is 0. The summed E-state index contributed by atoms with van der Waals surface area (Å²) in [6.07, 6.45) is 7.51. The second kappa shape index (κ2) is 5.63. The van der Waals surface area contributed by atoms with E-state index in [4.69, 9.17) is 4.74 Å². The zero-order valence-corrected chi connectivity index (χ0v) is 12.2. The van der Waals surface area contributed by atoms with Crippen molar-refractivity contribution in [3.05, 3.63) is 0 Å². The fourth-order valence-corrected chi connectivity index (χ4v) is 3.11. The van der Waals surface area contributed by atoms with Crippen molar-refractivity contribution in [1.29, 1.82) is 0 Å². The maximum absolute atomic E-state index is 6.16.